The van der Waals surface area contributed by atoms with E-state index in [-0.39, 0.29) is 23.7 Å². The minimum atomic E-state index is -0.528. The quantitative estimate of drug-likeness (QED) is 0.456. The summed E-state index contributed by atoms with van der Waals surface area (Å²) >= 11 is 11.8. The maximum Gasteiger partial charge on any atom is 0.253 e. The number of benzene rings is 3. The summed E-state index contributed by atoms with van der Waals surface area (Å²) in [7, 11) is 0. The van der Waals surface area contributed by atoms with Gasteiger partial charge in [0.05, 0.1) is 23.7 Å². The van der Waals surface area contributed by atoms with Gasteiger partial charge in [0, 0.05) is 16.8 Å². The van der Waals surface area contributed by atoms with Gasteiger partial charge in [0.1, 0.15) is 11.5 Å². The standard InChI is InChI=1S/C23H19Cl2N3O4/c24-15-9-10-19(20(25)11-15)23(31)27-13-21(29)26-14-22(30)28-16-5-4-8-18(12-16)32-17-6-2-1-3-7-17/h1-12H,13-14H2,(H,26,29)(H,27,31)(H,28,30). The number of amides is 3. The first kappa shape index (κ1) is 23.1. The third-order valence-corrected chi connectivity index (χ3v) is 4.68. The van der Waals surface area contributed by atoms with Crippen molar-refractivity contribution >= 4 is 46.6 Å². The summed E-state index contributed by atoms with van der Waals surface area (Å²) in [6.45, 7) is -0.578. The lowest BCUT2D eigenvalue weighted by Gasteiger charge is -2.10. The molecule has 0 atom stereocenters. The van der Waals surface area contributed by atoms with Gasteiger partial charge in [-0.1, -0.05) is 47.5 Å². The summed E-state index contributed by atoms with van der Waals surface area (Å²) in [5.41, 5.74) is 0.711. The number of para-hydroxylation sites is 1. The van der Waals surface area contributed by atoms with Crippen molar-refractivity contribution < 1.29 is 19.1 Å². The van der Waals surface area contributed by atoms with E-state index in [0.717, 1.165) is 0 Å². The van der Waals surface area contributed by atoms with Gasteiger partial charge in [-0.15, -0.1) is 0 Å². The van der Waals surface area contributed by atoms with Crippen molar-refractivity contribution in [3.05, 3.63) is 88.4 Å². The zero-order valence-corrected chi connectivity index (χ0v) is 18.2. The number of nitrogens with one attached hydrogen (secondary N) is 3. The number of hydrogen-bond acceptors (Lipinski definition) is 4. The van der Waals surface area contributed by atoms with Crippen LogP contribution in [0.5, 0.6) is 11.5 Å². The second kappa shape index (κ2) is 11.2. The molecular weight excluding hydrogens is 453 g/mol. The van der Waals surface area contributed by atoms with E-state index >= 15 is 0 Å². The smallest absolute Gasteiger partial charge is 0.253 e. The topological polar surface area (TPSA) is 96.5 Å². The molecule has 0 spiro atoms. The fraction of sp³-hybridized carbons (Fsp3) is 0.0870. The van der Waals surface area contributed by atoms with Crippen molar-refractivity contribution in [1.82, 2.24) is 10.6 Å². The average molecular weight is 472 g/mol. The van der Waals surface area contributed by atoms with Crippen molar-refractivity contribution in [2.45, 2.75) is 0 Å². The summed E-state index contributed by atoms with van der Waals surface area (Å²) in [5, 5.41) is 8.12. The number of anilines is 1. The maximum atomic E-state index is 12.1. The second-order valence-electron chi connectivity index (χ2n) is 6.57. The Bertz CT molecular complexity index is 1120. The van der Waals surface area contributed by atoms with Gasteiger partial charge in [-0.05, 0) is 42.5 Å². The molecule has 3 amide bonds. The van der Waals surface area contributed by atoms with Crippen LogP contribution in [0, 0.1) is 0 Å². The third-order valence-electron chi connectivity index (χ3n) is 4.13. The van der Waals surface area contributed by atoms with Crippen LogP contribution in [0.3, 0.4) is 0 Å². The highest BCUT2D eigenvalue weighted by Crippen LogP contribution is 2.24. The molecule has 0 radical (unpaired) electrons. The van der Waals surface area contributed by atoms with E-state index in [9.17, 15) is 14.4 Å². The van der Waals surface area contributed by atoms with Crippen LogP contribution in [0.15, 0.2) is 72.8 Å². The lowest BCUT2D eigenvalue weighted by Crippen LogP contribution is -2.40. The molecule has 0 saturated heterocycles. The first-order valence-electron chi connectivity index (χ1n) is 9.53. The second-order valence-corrected chi connectivity index (χ2v) is 7.42. The van der Waals surface area contributed by atoms with Crippen molar-refractivity contribution in [1.29, 1.82) is 0 Å². The number of hydrogen-bond donors (Lipinski definition) is 3. The summed E-state index contributed by atoms with van der Waals surface area (Å²) in [4.78, 5) is 36.2. The van der Waals surface area contributed by atoms with E-state index in [1.165, 1.54) is 18.2 Å². The zero-order valence-electron chi connectivity index (χ0n) is 16.7. The number of carbonyl (C=O) groups is 3. The van der Waals surface area contributed by atoms with Crippen LogP contribution < -0.4 is 20.7 Å². The highest BCUT2D eigenvalue weighted by atomic mass is 35.5. The molecule has 164 valence electrons. The number of carbonyl (C=O) groups excluding carboxylic acids is 3. The van der Waals surface area contributed by atoms with Crippen LogP contribution in [-0.4, -0.2) is 30.8 Å². The number of rotatable bonds is 8. The molecule has 0 saturated carbocycles. The van der Waals surface area contributed by atoms with Gasteiger partial charge in [0.15, 0.2) is 0 Å². The zero-order chi connectivity index (χ0) is 22.9. The molecule has 0 aliphatic carbocycles. The monoisotopic (exact) mass is 471 g/mol. The Kier molecular flexibility index (Phi) is 8.08. The molecule has 7 nitrogen and oxygen atoms in total. The summed E-state index contributed by atoms with van der Waals surface area (Å²) in [5.74, 6) is -0.254. The Balaban J connectivity index is 1.44. The number of halogens is 2. The van der Waals surface area contributed by atoms with Gasteiger partial charge in [-0.25, -0.2) is 0 Å². The minimum absolute atomic E-state index is 0.174. The highest BCUT2D eigenvalue weighted by Gasteiger charge is 2.13. The van der Waals surface area contributed by atoms with E-state index < -0.39 is 17.7 Å². The fourth-order valence-electron chi connectivity index (χ4n) is 2.64. The predicted octanol–water partition coefficient (Wildman–Crippen LogP) is 4.27. The SMILES string of the molecule is O=C(CNC(=O)c1ccc(Cl)cc1Cl)NCC(=O)Nc1cccc(Oc2ccccc2)c1. The van der Waals surface area contributed by atoms with Gasteiger partial charge in [-0.2, -0.15) is 0 Å². The molecule has 3 aromatic rings. The molecule has 0 unspecified atom stereocenters. The normalized spacial score (nSPS) is 10.2. The summed E-state index contributed by atoms with van der Waals surface area (Å²) < 4.78 is 5.73. The Morgan fingerprint density at radius 3 is 2.22 bits per heavy atom. The van der Waals surface area contributed by atoms with E-state index in [4.69, 9.17) is 27.9 Å². The summed E-state index contributed by atoms with van der Waals surface area (Å²) in [6, 6.07) is 20.5. The Morgan fingerprint density at radius 2 is 1.47 bits per heavy atom. The van der Waals surface area contributed by atoms with E-state index in [1.807, 2.05) is 30.3 Å². The van der Waals surface area contributed by atoms with Crippen LogP contribution >= 0.6 is 23.2 Å². The van der Waals surface area contributed by atoms with Gasteiger partial charge in [0.25, 0.3) is 5.91 Å². The van der Waals surface area contributed by atoms with Gasteiger partial charge < -0.3 is 20.7 Å². The molecule has 0 aliphatic heterocycles. The van der Waals surface area contributed by atoms with Crippen LogP contribution in [0.1, 0.15) is 10.4 Å². The molecule has 3 aromatic carbocycles. The molecule has 0 aromatic heterocycles. The fourth-order valence-corrected chi connectivity index (χ4v) is 3.13. The van der Waals surface area contributed by atoms with Crippen molar-refractivity contribution in [3.63, 3.8) is 0 Å². The van der Waals surface area contributed by atoms with Crippen molar-refractivity contribution in [3.8, 4) is 11.5 Å². The third kappa shape index (κ3) is 7.01. The lowest BCUT2D eigenvalue weighted by atomic mass is 10.2. The van der Waals surface area contributed by atoms with Gasteiger partial charge in [-0.3, -0.25) is 14.4 Å². The molecule has 3 N–H and O–H groups in total. The van der Waals surface area contributed by atoms with Gasteiger partial charge >= 0.3 is 0 Å². The highest BCUT2D eigenvalue weighted by molar-refractivity contribution is 6.36. The molecule has 0 aliphatic rings. The van der Waals surface area contributed by atoms with Crippen LogP contribution in [-0.2, 0) is 9.59 Å². The van der Waals surface area contributed by atoms with Crippen LogP contribution in [0.25, 0.3) is 0 Å². The first-order valence-corrected chi connectivity index (χ1v) is 10.3. The summed E-state index contributed by atoms with van der Waals surface area (Å²) in [6.07, 6.45) is 0. The van der Waals surface area contributed by atoms with Crippen molar-refractivity contribution in [2.75, 3.05) is 18.4 Å². The number of ether oxygens (including phenoxy) is 1. The molecule has 3 rings (SSSR count). The van der Waals surface area contributed by atoms with Crippen LogP contribution in [0.2, 0.25) is 10.0 Å². The Hall–Kier alpha value is -3.55. The molecule has 0 heterocycles. The van der Waals surface area contributed by atoms with Crippen LogP contribution in [0.4, 0.5) is 5.69 Å². The predicted molar refractivity (Wildman–Crippen MR) is 123 cm³/mol. The average Bonchev–Trinajstić information content (AvgIpc) is 2.77. The molecule has 32 heavy (non-hydrogen) atoms. The molecule has 9 heteroatoms. The van der Waals surface area contributed by atoms with E-state index in [0.29, 0.717) is 22.2 Å². The maximum absolute atomic E-state index is 12.1. The lowest BCUT2D eigenvalue weighted by molar-refractivity contribution is -0.123. The van der Waals surface area contributed by atoms with Crippen molar-refractivity contribution in [2.24, 2.45) is 0 Å². The Morgan fingerprint density at radius 1 is 0.750 bits per heavy atom. The minimum Gasteiger partial charge on any atom is -0.457 e. The largest absolute Gasteiger partial charge is 0.457 e. The molecule has 0 fully saturated rings. The molecule has 0 bridgehead atoms. The van der Waals surface area contributed by atoms with Gasteiger partial charge in [0.2, 0.25) is 11.8 Å². The van der Waals surface area contributed by atoms with E-state index in [2.05, 4.69) is 16.0 Å². The van der Waals surface area contributed by atoms with E-state index in [1.54, 1.807) is 24.3 Å². The Labute approximate surface area is 194 Å². The first-order chi connectivity index (χ1) is 15.4. The molecular formula is C23H19Cl2N3O4.